The van der Waals surface area contributed by atoms with Crippen molar-refractivity contribution < 1.29 is 13.9 Å². The van der Waals surface area contributed by atoms with Crippen LogP contribution >= 0.6 is 0 Å². The van der Waals surface area contributed by atoms with E-state index in [1.807, 2.05) is 73.9 Å². The summed E-state index contributed by atoms with van der Waals surface area (Å²) in [5.74, 6) is 1.24. The number of ether oxygens (including phenoxy) is 2. The molecule has 0 unspecified atom stereocenters. The number of benzene rings is 3. The fourth-order valence-corrected chi connectivity index (χ4v) is 5.51. The molecule has 3 aromatic carbocycles. The molecule has 0 N–H and O–H groups in total. The Morgan fingerprint density at radius 3 is 2.38 bits per heavy atom. The molecule has 0 atom stereocenters. The summed E-state index contributed by atoms with van der Waals surface area (Å²) < 4.78 is 30.1. The number of hydrogen-bond donors (Lipinski definition) is 0. The maximum absolute atomic E-state index is 14.6. The minimum absolute atomic E-state index is 0.00819. The SMILES string of the molecule is COc1cccc2c1n(Cc1ccccc1OC(C)C)c(=O)n2C1CCN(c2c(C)cccc2F)CC1. The van der Waals surface area contributed by atoms with Crippen LogP contribution in [-0.2, 0) is 6.54 Å². The summed E-state index contributed by atoms with van der Waals surface area (Å²) in [6.07, 6.45) is 1.52. The van der Waals surface area contributed by atoms with Crippen molar-refractivity contribution in [3.05, 3.63) is 88.1 Å². The lowest BCUT2D eigenvalue weighted by Crippen LogP contribution is -2.38. The van der Waals surface area contributed by atoms with Crippen LogP contribution in [0.3, 0.4) is 0 Å². The topological polar surface area (TPSA) is 48.6 Å². The maximum Gasteiger partial charge on any atom is 0.329 e. The highest BCUT2D eigenvalue weighted by Gasteiger charge is 2.28. The number of hydrogen-bond acceptors (Lipinski definition) is 4. The highest BCUT2D eigenvalue weighted by molar-refractivity contribution is 5.83. The van der Waals surface area contributed by atoms with E-state index in [-0.39, 0.29) is 23.7 Å². The number of para-hydroxylation sites is 3. The van der Waals surface area contributed by atoms with Gasteiger partial charge in [-0.3, -0.25) is 9.13 Å². The molecule has 1 fully saturated rings. The average Bonchev–Trinajstić information content (AvgIpc) is 3.16. The van der Waals surface area contributed by atoms with Gasteiger partial charge in [-0.15, -0.1) is 0 Å². The van der Waals surface area contributed by atoms with Gasteiger partial charge in [-0.25, -0.2) is 9.18 Å². The van der Waals surface area contributed by atoms with Gasteiger partial charge in [0.05, 0.1) is 31.0 Å². The molecule has 0 saturated carbocycles. The standard InChI is InChI=1S/C30H34FN3O3/c1-20(2)37-26-13-6-5-10-22(26)19-33-29-25(12-8-14-27(29)36-4)34(30(33)35)23-15-17-32(18-16-23)28-21(3)9-7-11-24(28)31/h5-14,20,23H,15-19H2,1-4H3. The summed E-state index contributed by atoms with van der Waals surface area (Å²) in [5.41, 5.74) is 4.10. The molecule has 1 aliphatic heterocycles. The lowest BCUT2D eigenvalue weighted by atomic mass is 10.0. The molecule has 37 heavy (non-hydrogen) atoms. The van der Waals surface area contributed by atoms with Gasteiger partial charge in [0.15, 0.2) is 0 Å². The van der Waals surface area contributed by atoms with Gasteiger partial charge in [-0.1, -0.05) is 36.4 Å². The van der Waals surface area contributed by atoms with Crippen molar-refractivity contribution in [3.8, 4) is 11.5 Å². The van der Waals surface area contributed by atoms with Gasteiger partial charge in [0.1, 0.15) is 22.8 Å². The van der Waals surface area contributed by atoms with Gasteiger partial charge in [-0.2, -0.15) is 0 Å². The van der Waals surface area contributed by atoms with Crippen molar-refractivity contribution in [2.24, 2.45) is 0 Å². The van der Waals surface area contributed by atoms with E-state index in [1.165, 1.54) is 6.07 Å². The van der Waals surface area contributed by atoms with Crippen LogP contribution in [0, 0.1) is 12.7 Å². The molecule has 2 heterocycles. The van der Waals surface area contributed by atoms with Crippen molar-refractivity contribution >= 4 is 16.7 Å². The lowest BCUT2D eigenvalue weighted by Gasteiger charge is -2.35. The molecule has 4 aromatic rings. The van der Waals surface area contributed by atoms with E-state index in [0.717, 1.165) is 40.8 Å². The number of fused-ring (bicyclic) bond motifs is 1. The zero-order valence-corrected chi connectivity index (χ0v) is 21.9. The van der Waals surface area contributed by atoms with Crippen LogP contribution in [0.15, 0.2) is 65.5 Å². The van der Waals surface area contributed by atoms with Gasteiger partial charge in [0.2, 0.25) is 0 Å². The van der Waals surface area contributed by atoms with E-state index in [4.69, 9.17) is 9.47 Å². The number of aromatic nitrogens is 2. The predicted octanol–water partition coefficient (Wildman–Crippen LogP) is 5.94. The highest BCUT2D eigenvalue weighted by Crippen LogP contribution is 2.34. The largest absolute Gasteiger partial charge is 0.494 e. The first-order valence-electron chi connectivity index (χ1n) is 12.9. The molecular weight excluding hydrogens is 469 g/mol. The fourth-order valence-electron chi connectivity index (χ4n) is 5.51. The molecule has 1 aromatic heterocycles. The number of rotatable bonds is 7. The third kappa shape index (κ3) is 4.70. The molecule has 0 aliphatic carbocycles. The van der Waals surface area contributed by atoms with Crippen LogP contribution < -0.4 is 20.1 Å². The molecular formula is C30H34FN3O3. The second-order valence-electron chi connectivity index (χ2n) is 9.96. The Morgan fingerprint density at radius 1 is 0.973 bits per heavy atom. The van der Waals surface area contributed by atoms with Crippen LogP contribution in [0.1, 0.15) is 43.9 Å². The summed E-state index contributed by atoms with van der Waals surface area (Å²) >= 11 is 0. The van der Waals surface area contributed by atoms with E-state index in [1.54, 1.807) is 17.7 Å². The van der Waals surface area contributed by atoms with E-state index < -0.39 is 0 Å². The number of imidazole rings is 1. The van der Waals surface area contributed by atoms with Gasteiger partial charge >= 0.3 is 5.69 Å². The molecule has 6 nitrogen and oxygen atoms in total. The smallest absolute Gasteiger partial charge is 0.329 e. The van der Waals surface area contributed by atoms with E-state index in [9.17, 15) is 9.18 Å². The van der Waals surface area contributed by atoms with Crippen LogP contribution in [0.2, 0.25) is 0 Å². The number of methoxy groups -OCH3 is 1. The molecule has 1 aliphatic rings. The zero-order chi connectivity index (χ0) is 26.1. The van der Waals surface area contributed by atoms with Crippen molar-refractivity contribution in [2.75, 3.05) is 25.1 Å². The molecule has 5 rings (SSSR count). The Balaban J connectivity index is 1.52. The van der Waals surface area contributed by atoms with Crippen LogP contribution in [0.5, 0.6) is 11.5 Å². The number of aryl methyl sites for hydroxylation is 1. The first-order valence-corrected chi connectivity index (χ1v) is 12.9. The lowest BCUT2D eigenvalue weighted by molar-refractivity contribution is 0.239. The number of halogens is 1. The summed E-state index contributed by atoms with van der Waals surface area (Å²) in [7, 11) is 1.63. The fraction of sp³-hybridized carbons (Fsp3) is 0.367. The molecule has 0 amide bonds. The summed E-state index contributed by atoms with van der Waals surface area (Å²) in [4.78, 5) is 16.1. The van der Waals surface area contributed by atoms with Crippen LogP contribution in [0.25, 0.3) is 11.0 Å². The molecule has 194 valence electrons. The molecule has 0 bridgehead atoms. The molecule has 7 heteroatoms. The second-order valence-corrected chi connectivity index (χ2v) is 9.96. The first kappa shape index (κ1) is 24.9. The first-order chi connectivity index (χ1) is 17.9. The predicted molar refractivity (Wildman–Crippen MR) is 146 cm³/mol. The Hall–Kier alpha value is -3.74. The van der Waals surface area contributed by atoms with E-state index >= 15 is 0 Å². The molecule has 1 saturated heterocycles. The zero-order valence-electron chi connectivity index (χ0n) is 21.9. The Labute approximate surface area is 216 Å². The average molecular weight is 504 g/mol. The summed E-state index contributed by atoms with van der Waals surface area (Å²) in [6, 6.07) is 18.9. The van der Waals surface area contributed by atoms with Gasteiger partial charge in [-0.05, 0) is 63.4 Å². The van der Waals surface area contributed by atoms with Gasteiger partial charge < -0.3 is 14.4 Å². The minimum atomic E-state index is -0.195. The minimum Gasteiger partial charge on any atom is -0.494 e. The Morgan fingerprint density at radius 2 is 1.68 bits per heavy atom. The van der Waals surface area contributed by atoms with Gasteiger partial charge in [0.25, 0.3) is 0 Å². The van der Waals surface area contributed by atoms with Gasteiger partial charge in [0, 0.05) is 24.7 Å². The highest BCUT2D eigenvalue weighted by atomic mass is 19.1. The number of anilines is 1. The quantitative estimate of drug-likeness (QED) is 0.313. The third-order valence-electron chi connectivity index (χ3n) is 7.16. The number of piperidine rings is 1. The maximum atomic E-state index is 14.6. The van der Waals surface area contributed by atoms with Crippen molar-refractivity contribution in [1.29, 1.82) is 0 Å². The van der Waals surface area contributed by atoms with Crippen LogP contribution in [-0.4, -0.2) is 35.4 Å². The van der Waals surface area contributed by atoms with Crippen molar-refractivity contribution in [1.82, 2.24) is 9.13 Å². The Kier molecular flexibility index (Phi) is 6.96. The second kappa shape index (κ2) is 10.3. The van der Waals surface area contributed by atoms with Crippen LogP contribution in [0.4, 0.5) is 10.1 Å². The number of nitrogens with zero attached hydrogens (tertiary/aromatic N) is 3. The van der Waals surface area contributed by atoms with E-state index in [0.29, 0.717) is 31.1 Å². The normalized spacial score (nSPS) is 14.5. The van der Waals surface area contributed by atoms with Crippen molar-refractivity contribution in [3.63, 3.8) is 0 Å². The molecule has 0 spiro atoms. The monoisotopic (exact) mass is 503 g/mol. The summed E-state index contributed by atoms with van der Waals surface area (Å²) in [6.45, 7) is 7.66. The third-order valence-corrected chi connectivity index (χ3v) is 7.16. The van der Waals surface area contributed by atoms with Crippen molar-refractivity contribution in [2.45, 2.75) is 52.3 Å². The summed E-state index contributed by atoms with van der Waals surface area (Å²) in [5, 5.41) is 0. The molecule has 0 radical (unpaired) electrons. The Bertz CT molecular complexity index is 1440. The van der Waals surface area contributed by atoms with E-state index in [2.05, 4.69) is 4.90 Å².